The first-order chi connectivity index (χ1) is 7.99. The molecule has 0 rings (SSSR count). The van der Waals surface area contributed by atoms with Crippen molar-refractivity contribution in [2.75, 3.05) is 24.6 Å². The molecule has 0 saturated heterocycles. The fourth-order valence-electron chi connectivity index (χ4n) is 1.13. The molecule has 98 valence electrons. The number of amides is 2. The van der Waals surface area contributed by atoms with Crippen LogP contribution < -0.4 is 5.32 Å². The molecule has 0 atom stereocenters. The summed E-state index contributed by atoms with van der Waals surface area (Å²) in [7, 11) is 0. The largest absolute Gasteiger partial charge is 0.480 e. The number of carbonyl (C=O) groups is 2. The highest BCUT2D eigenvalue weighted by Crippen LogP contribution is 2.00. The topological polar surface area (TPSA) is 69.6 Å². The van der Waals surface area contributed by atoms with E-state index >= 15 is 0 Å². The molecule has 0 radical (unpaired) electrons. The third-order valence-corrected chi connectivity index (χ3v) is 2.91. The Kier molecular flexibility index (Phi) is 8.31. The van der Waals surface area contributed by atoms with Gasteiger partial charge < -0.3 is 15.3 Å². The van der Waals surface area contributed by atoms with Crippen molar-refractivity contribution in [2.24, 2.45) is 0 Å². The maximum absolute atomic E-state index is 11.7. The van der Waals surface area contributed by atoms with Crippen molar-refractivity contribution in [3.8, 4) is 0 Å². The van der Waals surface area contributed by atoms with Gasteiger partial charge in [0.25, 0.3) is 0 Å². The van der Waals surface area contributed by atoms with Gasteiger partial charge in [0.05, 0.1) is 0 Å². The van der Waals surface area contributed by atoms with Crippen molar-refractivity contribution >= 4 is 23.8 Å². The predicted molar refractivity (Wildman–Crippen MR) is 70.4 cm³/mol. The first kappa shape index (κ1) is 15.8. The van der Waals surface area contributed by atoms with Crippen molar-refractivity contribution in [1.82, 2.24) is 10.2 Å². The zero-order valence-electron chi connectivity index (χ0n) is 10.3. The molecule has 17 heavy (non-hydrogen) atoms. The Balaban J connectivity index is 3.97. The van der Waals surface area contributed by atoms with Crippen LogP contribution in [-0.4, -0.2) is 52.6 Å². The van der Waals surface area contributed by atoms with Crippen LogP contribution in [0.2, 0.25) is 0 Å². The lowest BCUT2D eigenvalue weighted by Crippen LogP contribution is -2.47. The minimum atomic E-state index is -1.00. The quantitative estimate of drug-likeness (QED) is 0.511. The number of hydrogen-bond donors (Lipinski definition) is 2. The second-order valence-corrected chi connectivity index (χ2v) is 4.86. The fourth-order valence-corrected chi connectivity index (χ4v) is 1.71. The molecule has 2 N–H and O–H groups in total. The summed E-state index contributed by atoms with van der Waals surface area (Å²) < 4.78 is 0. The van der Waals surface area contributed by atoms with Gasteiger partial charge in [-0.05, 0) is 13.8 Å². The van der Waals surface area contributed by atoms with Crippen LogP contribution in [0.25, 0.3) is 0 Å². The third-order valence-electron chi connectivity index (χ3n) is 1.95. The van der Waals surface area contributed by atoms with E-state index in [0.29, 0.717) is 6.54 Å². The molecule has 0 aliphatic carbocycles. The molecule has 0 fully saturated rings. The lowest BCUT2D eigenvalue weighted by Gasteiger charge is -2.25. The minimum Gasteiger partial charge on any atom is -0.480 e. The first-order valence-electron chi connectivity index (χ1n) is 5.44. The van der Waals surface area contributed by atoms with Crippen molar-refractivity contribution in [2.45, 2.75) is 19.9 Å². The van der Waals surface area contributed by atoms with Gasteiger partial charge in [-0.2, -0.15) is 11.8 Å². The molecule has 0 aliphatic heterocycles. The number of nitrogens with zero attached hydrogens (tertiary/aromatic N) is 1. The number of carbonyl (C=O) groups excluding carboxylic acids is 1. The summed E-state index contributed by atoms with van der Waals surface area (Å²) in [4.78, 5) is 23.6. The van der Waals surface area contributed by atoms with Crippen molar-refractivity contribution in [3.63, 3.8) is 0 Å². The highest BCUT2D eigenvalue weighted by Gasteiger charge is 2.18. The summed E-state index contributed by atoms with van der Waals surface area (Å²) in [6, 6.07) is -0.464. The van der Waals surface area contributed by atoms with Crippen LogP contribution in [-0.2, 0) is 4.79 Å². The summed E-state index contributed by atoms with van der Waals surface area (Å²) >= 11 is 1.66. The van der Waals surface area contributed by atoms with Gasteiger partial charge in [-0.15, -0.1) is 6.58 Å². The average Bonchev–Trinajstić information content (AvgIpc) is 2.24. The van der Waals surface area contributed by atoms with Crippen LogP contribution >= 0.6 is 11.8 Å². The second-order valence-electron chi connectivity index (χ2n) is 3.71. The maximum Gasteiger partial charge on any atom is 0.323 e. The molecule has 0 heterocycles. The van der Waals surface area contributed by atoms with Crippen molar-refractivity contribution < 1.29 is 14.7 Å². The lowest BCUT2D eigenvalue weighted by molar-refractivity contribution is -0.138. The number of hydrogen-bond acceptors (Lipinski definition) is 3. The third kappa shape index (κ3) is 7.68. The van der Waals surface area contributed by atoms with Crippen molar-refractivity contribution in [1.29, 1.82) is 0 Å². The highest BCUT2D eigenvalue weighted by atomic mass is 32.2. The SMILES string of the molecule is C=CCSCCNC(=O)N(CC(=O)O)C(C)C. The number of thioether (sulfide) groups is 1. The van der Waals surface area contributed by atoms with Gasteiger partial charge in [0.15, 0.2) is 0 Å². The van der Waals surface area contributed by atoms with E-state index in [1.165, 1.54) is 4.90 Å². The molecule has 6 heteroatoms. The Hall–Kier alpha value is -1.17. The Bertz CT molecular complexity index is 269. The van der Waals surface area contributed by atoms with Gasteiger partial charge in [-0.3, -0.25) is 4.79 Å². The smallest absolute Gasteiger partial charge is 0.323 e. The molecule has 0 aromatic carbocycles. The van der Waals surface area contributed by atoms with Crippen LogP contribution in [0.4, 0.5) is 4.79 Å². The van der Waals surface area contributed by atoms with E-state index in [2.05, 4.69) is 11.9 Å². The molecule has 5 nitrogen and oxygen atoms in total. The van der Waals surface area contributed by atoms with Gasteiger partial charge in [-0.1, -0.05) is 6.08 Å². The molecule has 0 aromatic heterocycles. The average molecular weight is 260 g/mol. The molecule has 0 aliphatic rings. The maximum atomic E-state index is 11.7. The van der Waals surface area contributed by atoms with Gasteiger partial charge in [0.2, 0.25) is 0 Å². The lowest BCUT2D eigenvalue weighted by atomic mass is 10.3. The Morgan fingerprint density at radius 1 is 1.53 bits per heavy atom. The van der Waals surface area contributed by atoms with Gasteiger partial charge in [0, 0.05) is 24.1 Å². The van der Waals surface area contributed by atoms with Gasteiger partial charge in [0.1, 0.15) is 6.54 Å². The van der Waals surface area contributed by atoms with E-state index in [4.69, 9.17) is 5.11 Å². The van der Waals surface area contributed by atoms with Crippen LogP contribution in [0.3, 0.4) is 0 Å². The normalized spacial score (nSPS) is 10.1. The monoisotopic (exact) mass is 260 g/mol. The fraction of sp³-hybridized carbons (Fsp3) is 0.636. The zero-order valence-corrected chi connectivity index (χ0v) is 11.1. The number of rotatable bonds is 8. The molecule has 0 spiro atoms. The molecule has 0 aromatic rings. The number of aliphatic carboxylic acids is 1. The highest BCUT2D eigenvalue weighted by molar-refractivity contribution is 7.99. The van der Waals surface area contributed by atoms with Crippen LogP contribution in [0.15, 0.2) is 12.7 Å². The molecule has 0 unspecified atom stereocenters. The van der Waals surface area contributed by atoms with Crippen LogP contribution in [0.5, 0.6) is 0 Å². The minimum absolute atomic E-state index is 0.132. The van der Waals surface area contributed by atoms with Crippen molar-refractivity contribution in [3.05, 3.63) is 12.7 Å². The molecule has 0 saturated carbocycles. The van der Waals surface area contributed by atoms with E-state index in [-0.39, 0.29) is 18.6 Å². The summed E-state index contributed by atoms with van der Waals surface area (Å²) in [5.74, 6) is 0.630. The van der Waals surface area contributed by atoms with E-state index in [1.807, 2.05) is 0 Å². The summed E-state index contributed by atoms with van der Waals surface area (Å²) in [5, 5.41) is 11.4. The van der Waals surface area contributed by atoms with E-state index in [1.54, 1.807) is 31.7 Å². The number of carboxylic acid groups (broad SMARTS) is 1. The first-order valence-corrected chi connectivity index (χ1v) is 6.59. The second kappa shape index (κ2) is 8.92. The summed E-state index contributed by atoms with van der Waals surface area (Å²) in [6.45, 7) is 7.42. The van der Waals surface area contributed by atoms with E-state index in [9.17, 15) is 9.59 Å². The summed E-state index contributed by atoms with van der Waals surface area (Å²) in [6.07, 6.45) is 1.80. The van der Waals surface area contributed by atoms with Crippen LogP contribution in [0.1, 0.15) is 13.8 Å². The standard InChI is InChI=1S/C11H20N2O3S/c1-4-6-17-7-5-12-11(16)13(9(2)3)8-10(14)15/h4,9H,1,5-8H2,2-3H3,(H,12,16)(H,14,15). The zero-order chi connectivity index (χ0) is 13.3. The molecule has 2 amide bonds. The predicted octanol–water partition coefficient (Wildman–Crippen LogP) is 1.41. The Morgan fingerprint density at radius 2 is 2.18 bits per heavy atom. The Labute approximate surface area is 106 Å². The summed E-state index contributed by atoms with van der Waals surface area (Å²) in [5.41, 5.74) is 0. The van der Waals surface area contributed by atoms with Gasteiger partial charge >= 0.3 is 12.0 Å². The number of carboxylic acids is 1. The Morgan fingerprint density at radius 3 is 2.65 bits per heavy atom. The molecular weight excluding hydrogens is 240 g/mol. The molecular formula is C11H20N2O3S. The van der Waals surface area contributed by atoms with E-state index in [0.717, 1.165) is 11.5 Å². The molecule has 0 bridgehead atoms. The van der Waals surface area contributed by atoms with Crippen LogP contribution in [0, 0.1) is 0 Å². The number of nitrogens with one attached hydrogen (secondary N) is 1. The number of urea groups is 1. The van der Waals surface area contributed by atoms with E-state index < -0.39 is 5.97 Å². The van der Waals surface area contributed by atoms with Gasteiger partial charge in [-0.25, -0.2) is 4.79 Å².